The molecule has 0 aliphatic carbocycles. The minimum absolute atomic E-state index is 0.0877. The van der Waals surface area contributed by atoms with E-state index in [4.69, 9.17) is 5.73 Å². The lowest BCUT2D eigenvalue weighted by atomic mass is 9.85. The lowest BCUT2D eigenvalue weighted by molar-refractivity contribution is -0.140. The van der Waals surface area contributed by atoms with E-state index >= 15 is 0 Å². The maximum atomic E-state index is 14.4. The molecule has 7 amide bonds. The first-order valence-corrected chi connectivity index (χ1v) is 21.1. The van der Waals surface area contributed by atoms with Crippen LogP contribution in [0.4, 0.5) is 0 Å². The highest BCUT2D eigenvalue weighted by Gasteiger charge is 2.39. The van der Waals surface area contributed by atoms with Gasteiger partial charge in [0, 0.05) is 18.9 Å². The number of hydrogen-bond donors (Lipinski definition) is 9. The number of hydrogen-bond acceptors (Lipinski definition) is 12. The van der Waals surface area contributed by atoms with Crippen LogP contribution in [-0.2, 0) is 49.6 Å². The van der Waals surface area contributed by atoms with Crippen molar-refractivity contribution in [2.24, 2.45) is 17.1 Å². The Morgan fingerprint density at radius 2 is 1.26 bits per heavy atom. The number of aliphatic carboxylic acids is 2. The summed E-state index contributed by atoms with van der Waals surface area (Å²) in [5.74, 6) is -11.1. The van der Waals surface area contributed by atoms with Crippen molar-refractivity contribution in [2.45, 2.75) is 136 Å². The number of primary amides is 1. The fraction of sp³-hybridized carbons (Fsp3) is 0.523. The second-order valence-electron chi connectivity index (χ2n) is 17.1. The summed E-state index contributed by atoms with van der Waals surface area (Å²) in [6.07, 6.45) is -0.281. The first-order valence-electron chi connectivity index (χ1n) is 21.1. The molecule has 2 aromatic rings. The van der Waals surface area contributed by atoms with Crippen molar-refractivity contribution in [3.8, 4) is 0 Å². The van der Waals surface area contributed by atoms with Gasteiger partial charge >= 0.3 is 17.6 Å². The number of nitrogens with one attached hydrogen (secondary N) is 6. The number of carbonyl (C=O) groups is 10. The van der Waals surface area contributed by atoms with Crippen molar-refractivity contribution in [1.29, 1.82) is 0 Å². The zero-order chi connectivity index (χ0) is 49.2. The molecule has 65 heavy (non-hydrogen) atoms. The number of nitrogens with two attached hydrogens (primary N) is 1. The van der Waals surface area contributed by atoms with E-state index in [0.717, 1.165) is 18.4 Å². The molecule has 1 aromatic heterocycles. The summed E-state index contributed by atoms with van der Waals surface area (Å²) < 4.78 is 4.66. The van der Waals surface area contributed by atoms with Gasteiger partial charge in [-0.05, 0) is 54.7 Å². The Morgan fingerprint density at radius 3 is 1.80 bits per heavy atom. The molecule has 0 aliphatic rings. The van der Waals surface area contributed by atoms with E-state index in [1.807, 2.05) is 6.92 Å². The minimum atomic E-state index is -1.82. The molecule has 1 heterocycles. The zero-order valence-corrected chi connectivity index (χ0v) is 37.6. The molecule has 2 rings (SSSR count). The molecule has 0 radical (unpaired) electrons. The number of benzene rings is 1. The summed E-state index contributed by atoms with van der Waals surface area (Å²) in [5.41, 5.74) is 4.44. The number of carboxylic acid groups (broad SMARTS) is 2. The Balaban J connectivity index is 2.50. The molecule has 10 N–H and O–H groups in total. The first-order chi connectivity index (χ1) is 30.3. The quantitative estimate of drug-likeness (QED) is 0.0577. The van der Waals surface area contributed by atoms with Crippen LogP contribution in [0.15, 0.2) is 51.9 Å². The van der Waals surface area contributed by atoms with Gasteiger partial charge in [0.05, 0.1) is 18.0 Å². The number of aryl methyl sites for hydroxylation is 1. The predicted octanol–water partition coefficient (Wildman–Crippen LogP) is 0.390. The molecule has 0 unspecified atom stereocenters. The van der Waals surface area contributed by atoms with Crippen molar-refractivity contribution >= 4 is 59.1 Å². The lowest BCUT2D eigenvalue weighted by Gasteiger charge is -2.34. The summed E-state index contributed by atoms with van der Waals surface area (Å²) in [6.45, 7) is 12.1. The smallest absolute Gasteiger partial charge is 0.335 e. The number of ketones is 1. The van der Waals surface area contributed by atoms with E-state index in [1.54, 1.807) is 65.8 Å². The summed E-state index contributed by atoms with van der Waals surface area (Å²) >= 11 is 0. The summed E-state index contributed by atoms with van der Waals surface area (Å²) in [7, 11) is 0. The van der Waals surface area contributed by atoms with Crippen molar-refractivity contribution in [1.82, 2.24) is 31.9 Å². The fourth-order valence-corrected chi connectivity index (χ4v) is 6.46. The van der Waals surface area contributed by atoms with Gasteiger partial charge in [0.15, 0.2) is 0 Å². The van der Waals surface area contributed by atoms with Gasteiger partial charge in [-0.2, -0.15) is 0 Å². The topological polar surface area (TPSA) is 340 Å². The van der Waals surface area contributed by atoms with E-state index in [-0.39, 0.29) is 30.7 Å². The second-order valence-corrected chi connectivity index (χ2v) is 17.1. The molecular formula is C44H61N7O14. The maximum absolute atomic E-state index is 14.4. The van der Waals surface area contributed by atoms with E-state index in [2.05, 4.69) is 36.3 Å². The highest BCUT2D eigenvalue weighted by molar-refractivity contribution is 6.37. The molecule has 0 aliphatic heterocycles. The molecule has 0 spiro atoms. The van der Waals surface area contributed by atoms with Gasteiger partial charge in [0.2, 0.25) is 35.3 Å². The molecule has 21 nitrogen and oxygen atoms in total. The Bertz CT molecular complexity index is 2110. The summed E-state index contributed by atoms with van der Waals surface area (Å²) in [5, 5.41) is 33.9. The molecule has 21 heteroatoms. The molecule has 6 atom stereocenters. The third-order valence-corrected chi connectivity index (χ3v) is 10.0. The lowest BCUT2D eigenvalue weighted by Crippen LogP contribution is -2.62. The molecule has 0 saturated carbocycles. The van der Waals surface area contributed by atoms with Gasteiger partial charge in [-0.25, -0.2) is 4.79 Å². The van der Waals surface area contributed by atoms with Crippen molar-refractivity contribution in [3.05, 3.63) is 69.8 Å². The Kier molecular flexibility index (Phi) is 21.2. The highest BCUT2D eigenvalue weighted by atomic mass is 16.4. The third-order valence-electron chi connectivity index (χ3n) is 10.0. The van der Waals surface area contributed by atoms with Crippen LogP contribution in [0.2, 0.25) is 0 Å². The number of Topliss-reactive ketones (excluding diaryl/α,β-unsaturated/α-hetero) is 1. The van der Waals surface area contributed by atoms with Crippen LogP contribution < -0.4 is 43.3 Å². The van der Waals surface area contributed by atoms with Crippen LogP contribution in [-0.4, -0.2) is 106 Å². The Morgan fingerprint density at radius 1 is 0.692 bits per heavy atom. The molecule has 0 saturated heterocycles. The monoisotopic (exact) mass is 911 g/mol. The summed E-state index contributed by atoms with van der Waals surface area (Å²) in [4.78, 5) is 142. The van der Waals surface area contributed by atoms with Crippen molar-refractivity contribution < 1.29 is 62.6 Å². The molecule has 0 bridgehead atoms. The molecule has 0 fully saturated rings. The zero-order valence-electron chi connectivity index (χ0n) is 37.6. The standard InChI is InChI=1S/C44H61N7O14/c1-8-9-14-27(35(57)37(45)58)46-40(61)29(19-23(2)3)50-43(64)36(44(5,6)7)51-42(63)30(20-25-13-11-10-12-24(25)4)49-39(60)28(16-17-32(52)53)47-41(62)31(21-33(54)55)48-38(59)26-15-18-34(56)65-22-26/h10-13,15,18,22-23,27-31,36H,8-9,14,16-17,19-21H2,1-7H3,(H2,45,58)(H,46,61)(H,47,62)(H,48,59)(H,49,60)(H,50,64)(H,51,63)(H,52,53)(H,54,55)/t27-,28-,29-,30-,31-,36+/m0/s1. The van der Waals surface area contributed by atoms with Gasteiger partial charge in [0.1, 0.15) is 36.5 Å². The molecule has 356 valence electrons. The van der Waals surface area contributed by atoms with E-state index in [0.29, 0.717) is 24.0 Å². The van der Waals surface area contributed by atoms with Crippen LogP contribution in [0.1, 0.15) is 108 Å². The Labute approximate surface area is 375 Å². The van der Waals surface area contributed by atoms with Gasteiger partial charge in [0.25, 0.3) is 11.8 Å². The van der Waals surface area contributed by atoms with E-state index in [1.165, 1.54) is 0 Å². The fourth-order valence-electron chi connectivity index (χ4n) is 6.46. The van der Waals surface area contributed by atoms with Crippen LogP contribution in [0.3, 0.4) is 0 Å². The molecular weight excluding hydrogens is 851 g/mol. The summed E-state index contributed by atoms with van der Waals surface area (Å²) in [6, 6.07) is -0.0499. The minimum Gasteiger partial charge on any atom is -0.481 e. The van der Waals surface area contributed by atoms with Gasteiger partial charge < -0.3 is 52.3 Å². The van der Waals surface area contributed by atoms with Crippen LogP contribution in [0.25, 0.3) is 0 Å². The number of amides is 7. The second kappa shape index (κ2) is 25.4. The highest BCUT2D eigenvalue weighted by Crippen LogP contribution is 2.21. The maximum Gasteiger partial charge on any atom is 0.335 e. The predicted molar refractivity (Wildman–Crippen MR) is 233 cm³/mol. The molecule has 1 aromatic carbocycles. The van der Waals surface area contributed by atoms with Crippen LogP contribution in [0.5, 0.6) is 0 Å². The van der Waals surface area contributed by atoms with E-state index < -0.39 is 126 Å². The number of carbonyl (C=O) groups excluding carboxylic acids is 8. The third kappa shape index (κ3) is 18.4. The number of carboxylic acids is 2. The Hall–Kier alpha value is -6.93. The first kappa shape index (κ1) is 54.2. The number of rotatable bonds is 26. The van der Waals surface area contributed by atoms with Crippen LogP contribution >= 0.6 is 0 Å². The van der Waals surface area contributed by atoms with Crippen molar-refractivity contribution in [3.63, 3.8) is 0 Å². The SMILES string of the molecule is CCCC[C@H](NC(=O)[C@H](CC(C)C)NC(=O)[C@@H](NC(=O)[C@H](Cc1ccccc1C)NC(=O)[C@H](CCC(=O)O)NC(=O)[C@H](CC(=O)O)NC(=O)c1ccc(=O)oc1)C(C)(C)C)C(=O)C(N)=O. The van der Waals surface area contributed by atoms with E-state index in [9.17, 15) is 63.0 Å². The average molecular weight is 912 g/mol. The largest absolute Gasteiger partial charge is 0.481 e. The number of unbranched alkanes of at least 4 members (excludes halogenated alkanes) is 1. The van der Waals surface area contributed by atoms with Crippen molar-refractivity contribution in [2.75, 3.05) is 0 Å². The normalized spacial score (nSPS) is 14.0. The van der Waals surface area contributed by atoms with Gasteiger partial charge in [-0.3, -0.25) is 47.9 Å². The van der Waals surface area contributed by atoms with Gasteiger partial charge in [-0.15, -0.1) is 0 Å². The average Bonchev–Trinajstić information content (AvgIpc) is 3.21. The van der Waals surface area contributed by atoms with Crippen LogP contribution in [0, 0.1) is 18.3 Å². The van der Waals surface area contributed by atoms with Gasteiger partial charge in [-0.1, -0.05) is 78.6 Å².